The summed E-state index contributed by atoms with van der Waals surface area (Å²) in [7, 11) is 1.24. The second kappa shape index (κ2) is 5.92. The fraction of sp³-hybridized carbons (Fsp3) is 0.500. The van der Waals surface area contributed by atoms with E-state index in [1.54, 1.807) is 0 Å². The van der Waals surface area contributed by atoms with Gasteiger partial charge in [-0.05, 0) is 5.21 Å². The minimum Gasteiger partial charge on any atom is -0.479 e. The molecule has 0 aliphatic rings. The lowest BCUT2D eigenvalue weighted by Crippen LogP contribution is -2.39. The number of aliphatic carboxylic acids is 1. The molecule has 1 atom stereocenters. The number of nitrogens with one attached hydrogen (secondary N) is 2. The molecule has 0 fully saturated rings. The maximum atomic E-state index is 11.2. The lowest BCUT2D eigenvalue weighted by Gasteiger charge is -2.10. The van der Waals surface area contributed by atoms with Crippen LogP contribution < -0.4 is 10.6 Å². The van der Waals surface area contributed by atoms with E-state index in [-0.39, 0.29) is 11.7 Å². The van der Waals surface area contributed by atoms with Crippen LogP contribution in [0.5, 0.6) is 0 Å². The smallest absolute Gasteiger partial charge is 0.334 e. The highest BCUT2D eigenvalue weighted by Gasteiger charge is 2.17. The Morgan fingerprint density at radius 3 is 2.88 bits per heavy atom. The Morgan fingerprint density at radius 1 is 1.62 bits per heavy atom. The summed E-state index contributed by atoms with van der Waals surface area (Å²) in [5.41, 5.74) is 0. The third kappa shape index (κ3) is 3.74. The molecule has 3 N–H and O–H groups in total. The Hall–Kier alpha value is -1.81. The van der Waals surface area contributed by atoms with Crippen LogP contribution in [0.25, 0.3) is 0 Å². The first-order valence-electron chi connectivity index (χ1n) is 4.09. The number of nitrogens with zero attached hydrogens (tertiary/aromatic N) is 3. The third-order valence-corrected chi connectivity index (χ3v) is 2.04. The van der Waals surface area contributed by atoms with Gasteiger partial charge in [-0.25, -0.2) is 9.59 Å². The molecule has 16 heavy (non-hydrogen) atoms. The number of urea groups is 1. The van der Waals surface area contributed by atoms with E-state index < -0.39 is 18.1 Å². The van der Waals surface area contributed by atoms with E-state index in [2.05, 4.69) is 30.2 Å². The van der Waals surface area contributed by atoms with Crippen LogP contribution in [0.4, 0.5) is 9.93 Å². The first-order chi connectivity index (χ1) is 7.63. The minimum atomic E-state index is -1.15. The zero-order chi connectivity index (χ0) is 12.0. The van der Waals surface area contributed by atoms with Crippen molar-refractivity contribution in [2.75, 3.05) is 19.0 Å². The zero-order valence-electron chi connectivity index (χ0n) is 8.21. The molecule has 0 saturated carbocycles. The Kier molecular flexibility index (Phi) is 4.54. The van der Waals surface area contributed by atoms with Crippen molar-refractivity contribution in [3.63, 3.8) is 0 Å². The molecular formula is C6H9N5O4S. The molecule has 0 aliphatic heterocycles. The molecule has 0 radical (unpaired) electrons. The molecule has 0 spiro atoms. The third-order valence-electron chi connectivity index (χ3n) is 1.53. The number of carbonyl (C=O) groups is 2. The van der Waals surface area contributed by atoms with Gasteiger partial charge in [-0.15, -0.1) is 0 Å². The molecule has 0 aliphatic carbocycles. The SMILES string of the molecule is COC(CNC(=O)Nc1nnns1)C(=O)O. The van der Waals surface area contributed by atoms with Gasteiger partial charge in [0.1, 0.15) is 0 Å². The quantitative estimate of drug-likeness (QED) is 0.618. The number of ether oxygens (including phenoxy) is 1. The fourth-order valence-electron chi connectivity index (χ4n) is 0.780. The molecule has 0 saturated heterocycles. The van der Waals surface area contributed by atoms with E-state index in [0.717, 1.165) is 11.5 Å². The van der Waals surface area contributed by atoms with Crippen LogP contribution in [0.3, 0.4) is 0 Å². The Morgan fingerprint density at radius 2 is 2.38 bits per heavy atom. The van der Waals surface area contributed by atoms with Crippen LogP contribution in [-0.4, -0.2) is 51.7 Å². The lowest BCUT2D eigenvalue weighted by atomic mass is 10.3. The first kappa shape index (κ1) is 12.3. The molecule has 2 amide bonds. The Balaban J connectivity index is 2.32. The van der Waals surface area contributed by atoms with Crippen LogP contribution in [0, 0.1) is 0 Å². The van der Waals surface area contributed by atoms with Crippen LogP contribution >= 0.6 is 11.5 Å². The second-order valence-electron chi connectivity index (χ2n) is 2.57. The van der Waals surface area contributed by atoms with Crippen molar-refractivity contribution >= 4 is 28.7 Å². The molecule has 1 aromatic heterocycles. The van der Waals surface area contributed by atoms with Crippen molar-refractivity contribution in [2.45, 2.75) is 6.10 Å². The number of carboxylic acids is 1. The van der Waals surface area contributed by atoms with Gasteiger partial charge in [0, 0.05) is 18.6 Å². The number of carboxylic acid groups (broad SMARTS) is 1. The summed E-state index contributed by atoms with van der Waals surface area (Å²) in [6, 6.07) is -0.596. The van der Waals surface area contributed by atoms with Gasteiger partial charge in [0.05, 0.1) is 6.54 Å². The topological polar surface area (TPSA) is 126 Å². The van der Waals surface area contributed by atoms with Crippen LogP contribution in [0.1, 0.15) is 0 Å². The minimum absolute atomic E-state index is 0.149. The van der Waals surface area contributed by atoms with Crippen molar-refractivity contribution in [2.24, 2.45) is 0 Å². The van der Waals surface area contributed by atoms with Crippen LogP contribution in [0.15, 0.2) is 0 Å². The molecule has 88 valence electrons. The van der Waals surface area contributed by atoms with Gasteiger partial charge in [0.25, 0.3) is 0 Å². The largest absolute Gasteiger partial charge is 0.479 e. The summed E-state index contributed by atoms with van der Waals surface area (Å²) in [6.07, 6.45) is -1.08. The maximum absolute atomic E-state index is 11.2. The maximum Gasteiger partial charge on any atom is 0.334 e. The number of hydrogen-bond donors (Lipinski definition) is 3. The number of amides is 2. The van der Waals surface area contributed by atoms with Gasteiger partial charge in [0.15, 0.2) is 6.10 Å². The monoisotopic (exact) mass is 247 g/mol. The van der Waals surface area contributed by atoms with Crippen LogP contribution in [0.2, 0.25) is 0 Å². The number of hydrogen-bond acceptors (Lipinski definition) is 7. The van der Waals surface area contributed by atoms with Gasteiger partial charge in [-0.3, -0.25) is 5.32 Å². The molecular weight excluding hydrogens is 238 g/mol. The van der Waals surface area contributed by atoms with Crippen molar-refractivity contribution in [3.8, 4) is 0 Å². The Bertz CT molecular complexity index is 356. The van der Waals surface area contributed by atoms with Gasteiger partial charge in [-0.2, -0.15) is 0 Å². The van der Waals surface area contributed by atoms with Crippen molar-refractivity contribution < 1.29 is 19.4 Å². The van der Waals surface area contributed by atoms with Gasteiger partial charge in [-0.1, -0.05) is 9.59 Å². The summed E-state index contributed by atoms with van der Waals surface area (Å²) in [5.74, 6) is -1.15. The lowest BCUT2D eigenvalue weighted by molar-refractivity contribution is -0.147. The number of rotatable bonds is 5. The molecule has 1 aromatic rings. The molecule has 1 rings (SSSR count). The van der Waals surface area contributed by atoms with E-state index in [9.17, 15) is 9.59 Å². The second-order valence-corrected chi connectivity index (χ2v) is 3.30. The molecule has 9 nitrogen and oxygen atoms in total. The molecule has 1 heterocycles. The highest BCUT2D eigenvalue weighted by Crippen LogP contribution is 2.03. The molecule has 10 heteroatoms. The van der Waals surface area contributed by atoms with Crippen molar-refractivity contribution in [1.82, 2.24) is 20.1 Å². The van der Waals surface area contributed by atoms with Gasteiger partial charge < -0.3 is 15.2 Å². The normalized spacial score (nSPS) is 11.8. The molecule has 0 aromatic carbocycles. The predicted molar refractivity (Wildman–Crippen MR) is 53.2 cm³/mol. The predicted octanol–water partition coefficient (Wildman–Crippen LogP) is -0.846. The Labute approximate surface area is 94.0 Å². The first-order valence-corrected chi connectivity index (χ1v) is 4.86. The molecule has 1 unspecified atom stereocenters. The average Bonchev–Trinajstić information content (AvgIpc) is 2.70. The van der Waals surface area contributed by atoms with Gasteiger partial charge in [0.2, 0.25) is 5.13 Å². The number of methoxy groups -OCH3 is 1. The van der Waals surface area contributed by atoms with Crippen LogP contribution in [-0.2, 0) is 9.53 Å². The standard InChI is InChI=1S/C6H9N5O4S/c1-15-3(4(12)13)2-7-5(14)8-6-9-10-11-16-6/h3H,2H2,1H3,(H,12,13)(H2,7,8,9,11,14). The van der Waals surface area contributed by atoms with E-state index >= 15 is 0 Å². The van der Waals surface area contributed by atoms with Crippen molar-refractivity contribution in [1.29, 1.82) is 0 Å². The summed E-state index contributed by atoms with van der Waals surface area (Å²) >= 11 is 0.906. The summed E-state index contributed by atoms with van der Waals surface area (Å²) in [6.45, 7) is -0.149. The van der Waals surface area contributed by atoms with E-state index in [0.29, 0.717) is 0 Å². The average molecular weight is 247 g/mol. The van der Waals surface area contributed by atoms with Gasteiger partial charge >= 0.3 is 12.0 Å². The summed E-state index contributed by atoms with van der Waals surface area (Å²) in [4.78, 5) is 21.7. The highest BCUT2D eigenvalue weighted by atomic mass is 32.1. The fourth-order valence-corrected chi connectivity index (χ4v) is 1.14. The zero-order valence-corrected chi connectivity index (χ0v) is 9.02. The van der Waals surface area contributed by atoms with Crippen molar-refractivity contribution in [3.05, 3.63) is 0 Å². The molecule has 0 bridgehead atoms. The summed E-state index contributed by atoms with van der Waals surface area (Å²) in [5, 5.41) is 20.2. The summed E-state index contributed by atoms with van der Waals surface area (Å²) < 4.78 is 8.05. The number of aromatic nitrogens is 3. The van der Waals surface area contributed by atoms with E-state index in [4.69, 9.17) is 5.11 Å². The van der Waals surface area contributed by atoms with E-state index in [1.165, 1.54) is 7.11 Å². The number of anilines is 1. The highest BCUT2D eigenvalue weighted by molar-refractivity contribution is 7.09. The van der Waals surface area contributed by atoms with E-state index in [1.807, 2.05) is 0 Å². The number of carbonyl (C=O) groups excluding carboxylic acids is 1.